The van der Waals surface area contributed by atoms with E-state index in [2.05, 4.69) is 36.4 Å². The minimum atomic E-state index is 0.550. The van der Waals surface area contributed by atoms with Crippen molar-refractivity contribution in [2.45, 2.75) is 25.7 Å². The number of hydrogen-bond acceptors (Lipinski definition) is 5. The Labute approximate surface area is 126 Å². The molecule has 106 valence electrons. The predicted molar refractivity (Wildman–Crippen MR) is 79.1 cm³/mol. The van der Waals surface area contributed by atoms with E-state index in [0.29, 0.717) is 11.7 Å². The number of piperidine rings is 1. The van der Waals surface area contributed by atoms with Crippen LogP contribution >= 0.6 is 15.9 Å². The molecule has 0 spiro atoms. The number of nitrogens with one attached hydrogen (secondary N) is 1. The van der Waals surface area contributed by atoms with E-state index in [0.717, 1.165) is 42.0 Å². The van der Waals surface area contributed by atoms with Gasteiger partial charge in [-0.25, -0.2) is 0 Å². The first-order valence-corrected chi connectivity index (χ1v) is 7.76. The van der Waals surface area contributed by atoms with Crippen molar-refractivity contribution in [2.75, 3.05) is 13.1 Å². The van der Waals surface area contributed by atoms with Gasteiger partial charge in [-0.15, -0.1) is 0 Å². The van der Waals surface area contributed by atoms with Crippen LogP contribution in [0.2, 0.25) is 0 Å². The van der Waals surface area contributed by atoms with Gasteiger partial charge in [0, 0.05) is 17.1 Å². The smallest absolute Gasteiger partial charge is 0.227 e. The first-order chi connectivity index (χ1) is 9.83. The van der Waals surface area contributed by atoms with Gasteiger partial charge in [0.05, 0.1) is 0 Å². The first kappa shape index (κ1) is 13.7. The van der Waals surface area contributed by atoms with Crippen LogP contribution in [0.5, 0.6) is 0 Å². The minimum Gasteiger partial charge on any atom is -0.339 e. The second-order valence-corrected chi connectivity index (χ2v) is 5.95. The third kappa shape index (κ3) is 3.24. The fourth-order valence-corrected chi connectivity index (χ4v) is 2.93. The molecule has 1 atom stereocenters. The number of aromatic nitrogens is 3. The van der Waals surface area contributed by atoms with E-state index in [1.165, 1.54) is 12.8 Å². The van der Waals surface area contributed by atoms with E-state index in [1.54, 1.807) is 6.20 Å². The molecule has 0 aliphatic carbocycles. The fraction of sp³-hybridized carbons (Fsp3) is 0.500. The number of aryl methyl sites for hydroxylation is 1. The maximum atomic E-state index is 5.32. The summed E-state index contributed by atoms with van der Waals surface area (Å²) in [6.07, 6.45) is 6.21. The molecule has 3 rings (SSSR count). The molecule has 1 aliphatic rings. The molecule has 5 nitrogen and oxygen atoms in total. The van der Waals surface area contributed by atoms with Gasteiger partial charge in [-0.2, -0.15) is 4.98 Å². The zero-order chi connectivity index (χ0) is 13.8. The summed E-state index contributed by atoms with van der Waals surface area (Å²) in [7, 11) is 0. The molecule has 1 N–H and O–H groups in total. The van der Waals surface area contributed by atoms with Gasteiger partial charge in [0.15, 0.2) is 0 Å². The van der Waals surface area contributed by atoms with Crippen molar-refractivity contribution in [1.82, 2.24) is 20.4 Å². The molecule has 2 aromatic rings. The monoisotopic (exact) mass is 336 g/mol. The molecule has 1 saturated heterocycles. The molecule has 20 heavy (non-hydrogen) atoms. The summed E-state index contributed by atoms with van der Waals surface area (Å²) >= 11 is 3.45. The lowest BCUT2D eigenvalue weighted by atomic mass is 9.95. The second-order valence-electron chi connectivity index (χ2n) is 5.10. The van der Waals surface area contributed by atoms with Crippen LogP contribution in [0, 0.1) is 5.92 Å². The number of pyridine rings is 1. The van der Waals surface area contributed by atoms with E-state index in [4.69, 9.17) is 4.52 Å². The van der Waals surface area contributed by atoms with E-state index in [-0.39, 0.29) is 0 Å². The van der Waals surface area contributed by atoms with Gasteiger partial charge in [0.1, 0.15) is 5.69 Å². The summed E-state index contributed by atoms with van der Waals surface area (Å²) in [6.45, 7) is 2.25. The average Bonchev–Trinajstić information content (AvgIpc) is 2.95. The van der Waals surface area contributed by atoms with Crippen LogP contribution in [0.15, 0.2) is 27.3 Å². The van der Waals surface area contributed by atoms with E-state index < -0.39 is 0 Å². The third-order valence-corrected chi connectivity index (χ3v) is 4.24. The van der Waals surface area contributed by atoms with Crippen LogP contribution < -0.4 is 5.32 Å². The summed E-state index contributed by atoms with van der Waals surface area (Å²) in [4.78, 5) is 8.70. The molecule has 1 fully saturated rings. The van der Waals surface area contributed by atoms with Crippen LogP contribution in [0.1, 0.15) is 25.2 Å². The fourth-order valence-electron chi connectivity index (χ4n) is 2.50. The summed E-state index contributed by atoms with van der Waals surface area (Å²) in [5, 5.41) is 7.44. The molecule has 0 amide bonds. The van der Waals surface area contributed by atoms with Crippen molar-refractivity contribution in [3.05, 3.63) is 28.7 Å². The Kier molecular flexibility index (Phi) is 4.42. The summed E-state index contributed by atoms with van der Waals surface area (Å²) < 4.78 is 6.20. The van der Waals surface area contributed by atoms with Gasteiger partial charge >= 0.3 is 0 Å². The van der Waals surface area contributed by atoms with Crippen LogP contribution in [0.3, 0.4) is 0 Å². The highest BCUT2D eigenvalue weighted by atomic mass is 79.9. The molecule has 1 aliphatic heterocycles. The average molecular weight is 337 g/mol. The Morgan fingerprint density at radius 3 is 3.20 bits per heavy atom. The van der Waals surface area contributed by atoms with Gasteiger partial charge < -0.3 is 9.84 Å². The van der Waals surface area contributed by atoms with Gasteiger partial charge in [-0.1, -0.05) is 5.16 Å². The van der Waals surface area contributed by atoms with Crippen molar-refractivity contribution in [2.24, 2.45) is 5.92 Å². The Bertz CT molecular complexity index is 566. The predicted octanol–water partition coefficient (Wildman–Crippen LogP) is 2.83. The van der Waals surface area contributed by atoms with Crippen molar-refractivity contribution in [3.8, 4) is 11.5 Å². The molecule has 0 saturated carbocycles. The third-order valence-electron chi connectivity index (χ3n) is 3.60. The molecule has 2 aromatic heterocycles. The van der Waals surface area contributed by atoms with Crippen molar-refractivity contribution in [1.29, 1.82) is 0 Å². The zero-order valence-corrected chi connectivity index (χ0v) is 12.8. The van der Waals surface area contributed by atoms with E-state index in [1.807, 2.05) is 12.1 Å². The van der Waals surface area contributed by atoms with Crippen molar-refractivity contribution in [3.63, 3.8) is 0 Å². The second kappa shape index (κ2) is 6.45. The van der Waals surface area contributed by atoms with Crippen LogP contribution in [-0.2, 0) is 6.42 Å². The molecule has 0 bridgehead atoms. The van der Waals surface area contributed by atoms with E-state index in [9.17, 15) is 0 Å². The lowest BCUT2D eigenvalue weighted by Crippen LogP contribution is -2.29. The van der Waals surface area contributed by atoms with Gasteiger partial charge in [0.25, 0.3) is 0 Å². The Hall–Kier alpha value is -1.27. The van der Waals surface area contributed by atoms with Gasteiger partial charge in [0.2, 0.25) is 11.7 Å². The molecule has 0 radical (unpaired) electrons. The molecule has 6 heteroatoms. The van der Waals surface area contributed by atoms with Gasteiger partial charge in [-0.3, -0.25) is 4.98 Å². The maximum absolute atomic E-state index is 5.32. The van der Waals surface area contributed by atoms with Crippen LogP contribution in [0.25, 0.3) is 11.5 Å². The summed E-state index contributed by atoms with van der Waals surface area (Å²) in [5.41, 5.74) is 0.724. The molecular formula is C14H17BrN4O. The lowest BCUT2D eigenvalue weighted by molar-refractivity contribution is 0.327. The molecule has 0 aromatic carbocycles. The number of halogens is 1. The molecule has 3 heterocycles. The van der Waals surface area contributed by atoms with Crippen molar-refractivity contribution < 1.29 is 4.52 Å². The van der Waals surface area contributed by atoms with Gasteiger partial charge in [-0.05, 0) is 66.3 Å². The Morgan fingerprint density at radius 2 is 2.40 bits per heavy atom. The van der Waals surface area contributed by atoms with Crippen LogP contribution in [-0.4, -0.2) is 28.2 Å². The highest BCUT2D eigenvalue weighted by Crippen LogP contribution is 2.23. The normalized spacial score (nSPS) is 19.1. The molecular weight excluding hydrogens is 320 g/mol. The summed E-state index contributed by atoms with van der Waals surface area (Å²) in [6, 6.07) is 3.79. The quantitative estimate of drug-likeness (QED) is 0.929. The number of rotatable bonds is 4. The van der Waals surface area contributed by atoms with Crippen molar-refractivity contribution >= 4 is 15.9 Å². The highest BCUT2D eigenvalue weighted by molar-refractivity contribution is 9.10. The zero-order valence-electron chi connectivity index (χ0n) is 11.2. The molecule has 1 unspecified atom stereocenters. The minimum absolute atomic E-state index is 0.550. The summed E-state index contributed by atoms with van der Waals surface area (Å²) in [5.74, 6) is 1.97. The maximum Gasteiger partial charge on any atom is 0.227 e. The standard InChI is InChI=1S/C14H17BrN4O/c15-11-4-2-8-17-13(11)14-18-12(20-19-14)6-5-10-3-1-7-16-9-10/h2,4,8,10,16H,1,3,5-7,9H2. The number of nitrogens with zero attached hydrogens (tertiary/aromatic N) is 3. The topological polar surface area (TPSA) is 63.8 Å². The van der Waals surface area contributed by atoms with Crippen LogP contribution in [0.4, 0.5) is 0 Å². The first-order valence-electron chi connectivity index (χ1n) is 6.97. The Balaban J connectivity index is 1.63. The highest BCUT2D eigenvalue weighted by Gasteiger charge is 2.16. The lowest BCUT2D eigenvalue weighted by Gasteiger charge is -2.21. The number of hydrogen-bond donors (Lipinski definition) is 1. The SMILES string of the molecule is Brc1cccnc1-c1noc(CCC2CCCNC2)n1. The Morgan fingerprint density at radius 1 is 1.45 bits per heavy atom. The van der Waals surface area contributed by atoms with E-state index >= 15 is 0 Å². The largest absolute Gasteiger partial charge is 0.339 e.